The molecule has 0 radical (unpaired) electrons. The third-order valence-electron chi connectivity index (χ3n) is 6.87. The van der Waals surface area contributed by atoms with Crippen LogP contribution in [0.2, 0.25) is 12.1 Å². The van der Waals surface area contributed by atoms with E-state index in [-0.39, 0.29) is 12.4 Å². The van der Waals surface area contributed by atoms with E-state index in [1.54, 1.807) is 54.8 Å². The number of benzene rings is 1. The minimum atomic E-state index is -2.68. The number of hydrogen-bond acceptors (Lipinski definition) is 11. The Labute approximate surface area is 242 Å². The summed E-state index contributed by atoms with van der Waals surface area (Å²) in [5.41, 5.74) is 0.0717. The lowest BCUT2D eigenvalue weighted by Gasteiger charge is -2.29. The molecule has 0 spiro atoms. The van der Waals surface area contributed by atoms with Crippen LogP contribution in [0.1, 0.15) is 42.6 Å². The van der Waals surface area contributed by atoms with Crippen LogP contribution in [0.4, 0.5) is 0 Å². The Kier molecular flexibility index (Phi) is 17.1. The van der Waals surface area contributed by atoms with Crippen molar-refractivity contribution in [2.75, 3.05) is 75.5 Å². The molecule has 0 heterocycles. The highest BCUT2D eigenvalue weighted by molar-refractivity contribution is 6.60. The minimum Gasteiger partial charge on any atom is -0.389 e. The summed E-state index contributed by atoms with van der Waals surface area (Å²) in [6.07, 6.45) is 1.53. The van der Waals surface area contributed by atoms with Crippen molar-refractivity contribution in [2.24, 2.45) is 0 Å². The molecule has 0 aliphatic heterocycles. The number of carbonyl (C=O) groups excluding carboxylic acids is 1. The third kappa shape index (κ3) is 12.4. The zero-order chi connectivity index (χ0) is 30.2. The molecular weight excluding hydrogens is 554 g/mol. The van der Waals surface area contributed by atoms with E-state index in [0.29, 0.717) is 37.2 Å². The Morgan fingerprint density at radius 3 is 1.70 bits per heavy atom. The van der Waals surface area contributed by atoms with Crippen molar-refractivity contribution in [3.05, 3.63) is 35.4 Å². The van der Waals surface area contributed by atoms with E-state index < -0.39 is 29.3 Å². The quantitative estimate of drug-likeness (QED) is 0.109. The maximum absolute atomic E-state index is 12.2. The van der Waals surface area contributed by atoms with Gasteiger partial charge in [0.15, 0.2) is 5.78 Å². The molecule has 1 atom stereocenters. The number of nitrogens with zero attached hydrogens (tertiary/aromatic N) is 1. The Balaban J connectivity index is 2.62. The zero-order valence-corrected chi connectivity index (χ0v) is 27.6. The molecule has 2 N–H and O–H groups in total. The van der Waals surface area contributed by atoms with Crippen LogP contribution in [-0.4, -0.2) is 126 Å². The Morgan fingerprint density at radius 2 is 1.30 bits per heavy atom. The number of ether oxygens (including phenoxy) is 1. The average molecular weight is 606 g/mol. The highest BCUT2D eigenvalue weighted by Crippen LogP contribution is 2.18. The van der Waals surface area contributed by atoms with Gasteiger partial charge in [0, 0.05) is 66.9 Å². The smallest absolute Gasteiger partial charge is 0.389 e. The van der Waals surface area contributed by atoms with Crippen LogP contribution in [0.15, 0.2) is 24.3 Å². The fourth-order valence-corrected chi connectivity index (χ4v) is 7.79. The molecule has 1 rings (SSSR count). The second kappa shape index (κ2) is 18.5. The summed E-state index contributed by atoms with van der Waals surface area (Å²) >= 11 is 0. The van der Waals surface area contributed by atoms with Gasteiger partial charge in [0.1, 0.15) is 5.60 Å². The molecule has 0 amide bonds. The fourth-order valence-electron chi connectivity index (χ4n) is 4.38. The SMILES string of the molecule is CO[Si](CCCN(CCC[Si](OC)(OC)OC)CC(O)COCCc1ccc(C(=O)C(C)(C)O)cc1)(OC)OC. The number of aliphatic hydroxyl groups excluding tert-OH is 1. The molecule has 0 fully saturated rings. The monoisotopic (exact) mass is 605 g/mol. The lowest BCUT2D eigenvalue weighted by atomic mass is 9.96. The number of aliphatic hydroxyl groups is 2. The van der Waals surface area contributed by atoms with E-state index in [4.69, 9.17) is 31.3 Å². The molecule has 40 heavy (non-hydrogen) atoms. The second-order valence-electron chi connectivity index (χ2n) is 10.2. The lowest BCUT2D eigenvalue weighted by molar-refractivity contribution is 0.0171. The van der Waals surface area contributed by atoms with Gasteiger partial charge in [-0.25, -0.2) is 0 Å². The van der Waals surface area contributed by atoms with E-state index in [2.05, 4.69) is 4.90 Å². The molecule has 1 unspecified atom stereocenters. The molecule has 1 aromatic rings. The van der Waals surface area contributed by atoms with Gasteiger partial charge in [-0.3, -0.25) is 4.79 Å². The third-order valence-corrected chi connectivity index (χ3v) is 12.5. The normalized spacial score (nSPS) is 13.7. The van der Waals surface area contributed by atoms with Gasteiger partial charge in [-0.1, -0.05) is 24.3 Å². The van der Waals surface area contributed by atoms with Crippen LogP contribution in [-0.2, 0) is 37.7 Å². The Bertz CT molecular complexity index is 787. The van der Waals surface area contributed by atoms with Crippen LogP contribution >= 0.6 is 0 Å². The van der Waals surface area contributed by atoms with Crippen molar-refractivity contribution in [3.63, 3.8) is 0 Å². The predicted molar refractivity (Wildman–Crippen MR) is 156 cm³/mol. The number of Topliss-reactive ketones (excluding diaryl/α,β-unsaturated/α-hetero) is 1. The number of rotatable bonds is 23. The summed E-state index contributed by atoms with van der Waals surface area (Å²) in [6.45, 7) is 5.47. The van der Waals surface area contributed by atoms with Crippen molar-refractivity contribution >= 4 is 23.4 Å². The maximum atomic E-state index is 12.2. The standard InChI is InChI=1S/C27H51NO10Si2/c1-27(2,31)26(30)24-13-11-23(12-14-24)15-18-38-22-25(29)21-28(16-9-19-39(32-3,33-4)34-5)17-10-20-40(35-6,36-7)37-8/h11-14,25,29,31H,9-10,15-22H2,1-8H3. The first-order valence-corrected chi connectivity index (χ1v) is 17.4. The molecule has 0 saturated heterocycles. The van der Waals surface area contributed by atoms with Gasteiger partial charge in [-0.05, 0) is 51.8 Å². The van der Waals surface area contributed by atoms with Gasteiger partial charge >= 0.3 is 17.6 Å². The topological polar surface area (TPSA) is 125 Å². The van der Waals surface area contributed by atoms with Crippen molar-refractivity contribution < 1.29 is 46.3 Å². The van der Waals surface area contributed by atoms with E-state index in [1.807, 2.05) is 12.1 Å². The minimum absolute atomic E-state index is 0.200. The lowest BCUT2D eigenvalue weighted by Crippen LogP contribution is -2.45. The Hall–Kier alpha value is -1.08. The highest BCUT2D eigenvalue weighted by Gasteiger charge is 2.38. The first kappa shape index (κ1) is 36.9. The molecule has 1 aromatic carbocycles. The molecule has 0 aromatic heterocycles. The van der Waals surface area contributed by atoms with Crippen molar-refractivity contribution in [2.45, 2.75) is 56.9 Å². The summed E-state index contributed by atoms with van der Waals surface area (Å²) < 4.78 is 39.0. The Morgan fingerprint density at radius 1 is 0.850 bits per heavy atom. The largest absolute Gasteiger partial charge is 0.500 e. The molecular formula is C27H51NO10Si2. The number of hydrogen-bond donors (Lipinski definition) is 2. The van der Waals surface area contributed by atoms with Crippen molar-refractivity contribution in [1.82, 2.24) is 4.90 Å². The van der Waals surface area contributed by atoms with Gasteiger partial charge in [0.2, 0.25) is 0 Å². The van der Waals surface area contributed by atoms with Crippen molar-refractivity contribution in [1.29, 1.82) is 0 Å². The highest BCUT2D eigenvalue weighted by atomic mass is 28.4. The van der Waals surface area contributed by atoms with Crippen molar-refractivity contribution in [3.8, 4) is 0 Å². The summed E-state index contributed by atoms with van der Waals surface area (Å²) in [7, 11) is 4.26. The summed E-state index contributed by atoms with van der Waals surface area (Å²) in [4.78, 5) is 14.4. The van der Waals surface area contributed by atoms with E-state index >= 15 is 0 Å². The van der Waals surface area contributed by atoms with Gasteiger partial charge in [0.05, 0.1) is 19.3 Å². The second-order valence-corrected chi connectivity index (χ2v) is 16.3. The van der Waals surface area contributed by atoms with Crippen LogP contribution in [0.3, 0.4) is 0 Å². The first-order chi connectivity index (χ1) is 18.9. The van der Waals surface area contributed by atoms with Gasteiger partial charge in [0.25, 0.3) is 0 Å². The van der Waals surface area contributed by atoms with Crippen LogP contribution in [0.25, 0.3) is 0 Å². The average Bonchev–Trinajstić information content (AvgIpc) is 2.95. The van der Waals surface area contributed by atoms with Crippen LogP contribution in [0.5, 0.6) is 0 Å². The molecule has 0 saturated carbocycles. The molecule has 0 bridgehead atoms. The summed E-state index contributed by atoms with van der Waals surface area (Å²) in [5, 5.41) is 20.6. The zero-order valence-electron chi connectivity index (χ0n) is 25.6. The molecule has 0 aliphatic rings. The van der Waals surface area contributed by atoms with Gasteiger partial charge in [-0.15, -0.1) is 0 Å². The number of carbonyl (C=O) groups is 1. The molecule has 13 heteroatoms. The summed E-state index contributed by atoms with van der Waals surface area (Å²) in [5.74, 6) is -0.317. The maximum Gasteiger partial charge on any atom is 0.500 e. The van der Waals surface area contributed by atoms with E-state index in [9.17, 15) is 15.0 Å². The molecule has 11 nitrogen and oxygen atoms in total. The van der Waals surface area contributed by atoms with E-state index in [1.165, 1.54) is 13.8 Å². The van der Waals surface area contributed by atoms with Gasteiger partial charge < -0.3 is 46.4 Å². The first-order valence-electron chi connectivity index (χ1n) is 13.6. The molecule has 0 aliphatic carbocycles. The predicted octanol–water partition coefficient (Wildman–Crippen LogP) is 2.40. The summed E-state index contributed by atoms with van der Waals surface area (Å²) in [6, 6.07) is 8.45. The van der Waals surface area contributed by atoms with Crippen LogP contribution < -0.4 is 0 Å². The molecule has 232 valence electrons. The number of ketones is 1. The van der Waals surface area contributed by atoms with Gasteiger partial charge in [-0.2, -0.15) is 0 Å². The van der Waals surface area contributed by atoms with Crippen LogP contribution in [0, 0.1) is 0 Å². The fraction of sp³-hybridized carbons (Fsp3) is 0.741. The van der Waals surface area contributed by atoms with E-state index in [0.717, 1.165) is 31.5 Å².